The average molecular weight is 249 g/mol. The number of rotatable bonds is 6. The summed E-state index contributed by atoms with van der Waals surface area (Å²) >= 11 is 4.97. The van der Waals surface area contributed by atoms with Gasteiger partial charge in [0.05, 0.1) is 0 Å². The van der Waals surface area contributed by atoms with Crippen molar-refractivity contribution in [2.45, 2.75) is 38.6 Å². The first-order valence-electron chi connectivity index (χ1n) is 6.21. The summed E-state index contributed by atoms with van der Waals surface area (Å²) < 4.78 is 0. The maximum absolute atomic E-state index is 5.61. The van der Waals surface area contributed by atoms with Crippen molar-refractivity contribution in [2.24, 2.45) is 11.7 Å². The molecule has 3 nitrogen and oxygen atoms in total. The minimum atomic E-state index is 0.422. The molecule has 1 fully saturated rings. The Hall–Kier alpha value is -1.16. The number of pyridine rings is 1. The Balaban J connectivity index is 2.00. The number of nitrogens with two attached hydrogens (primary N) is 1. The lowest BCUT2D eigenvalue weighted by atomic mass is 10.1. The van der Waals surface area contributed by atoms with Crippen LogP contribution in [0.5, 0.6) is 0 Å². The molecule has 1 saturated carbocycles. The maximum Gasteiger partial charge on any atom is 0.126 e. The molecule has 1 atom stereocenters. The van der Waals surface area contributed by atoms with E-state index in [4.69, 9.17) is 18.0 Å². The van der Waals surface area contributed by atoms with Crippen LogP contribution < -0.4 is 11.1 Å². The van der Waals surface area contributed by atoms with Crippen LogP contribution >= 0.6 is 12.2 Å². The second kappa shape index (κ2) is 5.45. The number of nitrogens with one attached hydrogen (secondary N) is 1. The molecule has 1 heterocycles. The van der Waals surface area contributed by atoms with Gasteiger partial charge in [-0.25, -0.2) is 4.98 Å². The molecule has 0 aliphatic heterocycles. The van der Waals surface area contributed by atoms with Crippen molar-refractivity contribution in [3.8, 4) is 0 Å². The monoisotopic (exact) mass is 249 g/mol. The molecular formula is C13H19N3S. The Morgan fingerprint density at radius 2 is 2.41 bits per heavy atom. The SMILES string of the molecule is CCC(CC1CC1)Nc1cc(C(N)=S)ccn1. The smallest absolute Gasteiger partial charge is 0.126 e. The van der Waals surface area contributed by atoms with E-state index < -0.39 is 0 Å². The van der Waals surface area contributed by atoms with E-state index in [9.17, 15) is 0 Å². The molecule has 92 valence electrons. The zero-order valence-corrected chi connectivity index (χ0v) is 11.0. The van der Waals surface area contributed by atoms with Crippen molar-refractivity contribution in [2.75, 3.05) is 5.32 Å². The molecule has 1 aromatic rings. The number of anilines is 1. The lowest BCUT2D eigenvalue weighted by Crippen LogP contribution is -2.20. The summed E-state index contributed by atoms with van der Waals surface area (Å²) in [5.41, 5.74) is 6.49. The number of aromatic nitrogens is 1. The topological polar surface area (TPSA) is 50.9 Å². The first-order valence-corrected chi connectivity index (χ1v) is 6.62. The molecule has 1 aromatic heterocycles. The summed E-state index contributed by atoms with van der Waals surface area (Å²) in [6, 6.07) is 4.28. The quantitative estimate of drug-likeness (QED) is 0.761. The van der Waals surface area contributed by atoms with Crippen LogP contribution in [0.2, 0.25) is 0 Å². The van der Waals surface area contributed by atoms with Crippen LogP contribution in [-0.4, -0.2) is 16.0 Å². The summed E-state index contributed by atoms with van der Waals surface area (Å²) in [5.74, 6) is 1.80. The highest BCUT2D eigenvalue weighted by Crippen LogP contribution is 2.34. The van der Waals surface area contributed by atoms with Crippen LogP contribution in [-0.2, 0) is 0 Å². The van der Waals surface area contributed by atoms with E-state index in [1.807, 2.05) is 12.1 Å². The highest BCUT2D eigenvalue weighted by atomic mass is 32.1. The minimum Gasteiger partial charge on any atom is -0.389 e. The third-order valence-electron chi connectivity index (χ3n) is 3.20. The van der Waals surface area contributed by atoms with Crippen molar-refractivity contribution >= 4 is 23.0 Å². The molecule has 17 heavy (non-hydrogen) atoms. The molecular weight excluding hydrogens is 230 g/mol. The van der Waals surface area contributed by atoms with Crippen LogP contribution in [0.25, 0.3) is 0 Å². The fraction of sp³-hybridized carbons (Fsp3) is 0.538. The normalized spacial score (nSPS) is 16.5. The van der Waals surface area contributed by atoms with Crippen molar-refractivity contribution in [3.05, 3.63) is 23.9 Å². The zero-order chi connectivity index (χ0) is 12.3. The van der Waals surface area contributed by atoms with E-state index in [2.05, 4.69) is 17.2 Å². The molecule has 0 saturated heterocycles. The predicted octanol–water partition coefficient (Wildman–Crippen LogP) is 2.71. The van der Waals surface area contributed by atoms with Gasteiger partial charge in [0.15, 0.2) is 0 Å². The summed E-state index contributed by atoms with van der Waals surface area (Å²) in [6.45, 7) is 2.21. The van der Waals surface area contributed by atoms with Crippen molar-refractivity contribution < 1.29 is 0 Å². The van der Waals surface area contributed by atoms with Gasteiger partial charge in [-0.2, -0.15) is 0 Å². The van der Waals surface area contributed by atoms with E-state index in [0.717, 1.165) is 23.7 Å². The highest BCUT2D eigenvalue weighted by molar-refractivity contribution is 7.80. The second-order valence-electron chi connectivity index (χ2n) is 4.72. The van der Waals surface area contributed by atoms with Gasteiger partial charge in [0.2, 0.25) is 0 Å². The molecule has 1 aliphatic rings. The number of thiocarbonyl (C=S) groups is 1. The zero-order valence-electron chi connectivity index (χ0n) is 10.1. The molecule has 0 spiro atoms. The molecule has 1 aliphatic carbocycles. The van der Waals surface area contributed by atoms with Gasteiger partial charge in [0.1, 0.15) is 10.8 Å². The summed E-state index contributed by atoms with van der Waals surface area (Å²) in [4.78, 5) is 4.73. The maximum atomic E-state index is 5.61. The predicted molar refractivity (Wildman–Crippen MR) is 75.2 cm³/mol. The fourth-order valence-corrected chi connectivity index (χ4v) is 2.08. The third-order valence-corrected chi connectivity index (χ3v) is 3.44. The lowest BCUT2D eigenvalue weighted by Gasteiger charge is -2.17. The molecule has 3 N–H and O–H groups in total. The summed E-state index contributed by atoms with van der Waals surface area (Å²) in [6.07, 6.45) is 6.89. The standard InChI is InChI=1S/C13H19N3S/c1-2-11(7-9-3-4-9)16-12-8-10(13(14)17)5-6-15-12/h5-6,8-9,11H,2-4,7H2,1H3,(H2,14,17)(H,15,16). The lowest BCUT2D eigenvalue weighted by molar-refractivity contribution is 0.585. The first kappa shape index (κ1) is 12.3. The second-order valence-corrected chi connectivity index (χ2v) is 5.16. The summed E-state index contributed by atoms with van der Waals surface area (Å²) in [5, 5.41) is 3.47. The van der Waals surface area contributed by atoms with Crippen molar-refractivity contribution in [1.29, 1.82) is 0 Å². The summed E-state index contributed by atoms with van der Waals surface area (Å²) in [7, 11) is 0. The van der Waals surface area contributed by atoms with Gasteiger partial charge in [-0.05, 0) is 30.9 Å². The van der Waals surface area contributed by atoms with Gasteiger partial charge in [0.25, 0.3) is 0 Å². The van der Waals surface area contributed by atoms with E-state index in [0.29, 0.717) is 11.0 Å². The van der Waals surface area contributed by atoms with Gasteiger partial charge < -0.3 is 11.1 Å². The van der Waals surface area contributed by atoms with Crippen LogP contribution in [0.4, 0.5) is 5.82 Å². The number of hydrogen-bond donors (Lipinski definition) is 2. The molecule has 4 heteroatoms. The molecule has 0 radical (unpaired) electrons. The minimum absolute atomic E-state index is 0.422. The Bertz CT molecular complexity index is 401. The van der Waals surface area contributed by atoms with Gasteiger partial charge in [0, 0.05) is 17.8 Å². The molecule has 0 bridgehead atoms. The van der Waals surface area contributed by atoms with Crippen LogP contribution in [0.1, 0.15) is 38.2 Å². The third kappa shape index (κ3) is 3.66. The van der Waals surface area contributed by atoms with E-state index >= 15 is 0 Å². The average Bonchev–Trinajstić information content (AvgIpc) is 3.12. The van der Waals surface area contributed by atoms with Gasteiger partial charge >= 0.3 is 0 Å². The highest BCUT2D eigenvalue weighted by Gasteiger charge is 2.24. The first-order chi connectivity index (χ1) is 8.19. The van der Waals surface area contributed by atoms with Crippen molar-refractivity contribution in [1.82, 2.24) is 4.98 Å². The van der Waals surface area contributed by atoms with E-state index in [1.54, 1.807) is 6.20 Å². The molecule has 0 amide bonds. The molecule has 2 rings (SSSR count). The van der Waals surface area contributed by atoms with Gasteiger partial charge in [-0.3, -0.25) is 0 Å². The Morgan fingerprint density at radius 1 is 1.65 bits per heavy atom. The Labute approximate surface area is 108 Å². The van der Waals surface area contributed by atoms with Crippen molar-refractivity contribution in [3.63, 3.8) is 0 Å². The van der Waals surface area contributed by atoms with E-state index in [-0.39, 0.29) is 0 Å². The largest absolute Gasteiger partial charge is 0.389 e. The van der Waals surface area contributed by atoms with E-state index in [1.165, 1.54) is 19.3 Å². The number of hydrogen-bond acceptors (Lipinski definition) is 3. The van der Waals surface area contributed by atoms with Crippen LogP contribution in [0.15, 0.2) is 18.3 Å². The van der Waals surface area contributed by atoms with Crippen LogP contribution in [0.3, 0.4) is 0 Å². The Morgan fingerprint density at radius 3 is 3.00 bits per heavy atom. The molecule has 0 aromatic carbocycles. The molecule has 1 unspecified atom stereocenters. The number of nitrogens with zero attached hydrogens (tertiary/aromatic N) is 1. The van der Waals surface area contributed by atoms with Crippen LogP contribution in [0, 0.1) is 5.92 Å². The van der Waals surface area contributed by atoms with Gasteiger partial charge in [-0.1, -0.05) is 32.0 Å². The Kier molecular flexibility index (Phi) is 3.94. The fourth-order valence-electron chi connectivity index (χ4n) is 1.96. The van der Waals surface area contributed by atoms with Gasteiger partial charge in [-0.15, -0.1) is 0 Å².